The molecule has 2 unspecified atom stereocenters. The van der Waals surface area contributed by atoms with E-state index in [4.69, 9.17) is 16.2 Å². The number of esters is 1. The van der Waals surface area contributed by atoms with E-state index in [1.165, 1.54) is 0 Å². The minimum Gasteiger partial charge on any atom is -0.467 e. The lowest BCUT2D eigenvalue weighted by atomic mass is 10.0. The molecule has 13 heteroatoms. The predicted octanol–water partition coefficient (Wildman–Crippen LogP) is 0.437. The minimum atomic E-state index is -1.58. The SMILES string of the molecule is COC(=O)C(CCC(NC(=O)[C@@H](Cc1ccccc1)NC(=O)OC(C)(C)C)[N+](=O)[O-])N=C(N)N. The molecule has 0 saturated carbocycles. The molecule has 0 aliphatic carbocycles. The number of ether oxygens (including phenoxy) is 2. The maximum absolute atomic E-state index is 12.9. The highest BCUT2D eigenvalue weighted by Gasteiger charge is 2.31. The van der Waals surface area contributed by atoms with E-state index < -0.39 is 46.7 Å². The van der Waals surface area contributed by atoms with Gasteiger partial charge < -0.3 is 26.3 Å². The molecule has 34 heavy (non-hydrogen) atoms. The van der Waals surface area contributed by atoms with Crippen LogP contribution in [0.4, 0.5) is 4.79 Å². The molecule has 13 nitrogen and oxygen atoms in total. The van der Waals surface area contributed by atoms with Crippen LogP contribution < -0.4 is 22.1 Å². The Bertz CT molecular complexity index is 881. The van der Waals surface area contributed by atoms with E-state index >= 15 is 0 Å². The number of hydrogen-bond acceptors (Lipinski definition) is 8. The smallest absolute Gasteiger partial charge is 0.408 e. The van der Waals surface area contributed by atoms with Gasteiger partial charge in [0.1, 0.15) is 11.6 Å². The lowest BCUT2D eigenvalue weighted by Crippen LogP contribution is -2.53. The maximum Gasteiger partial charge on any atom is 0.408 e. The molecular formula is C21H32N6O7. The van der Waals surface area contributed by atoms with Gasteiger partial charge in [0, 0.05) is 17.8 Å². The van der Waals surface area contributed by atoms with Crippen molar-refractivity contribution < 1.29 is 28.8 Å². The third-order valence-electron chi connectivity index (χ3n) is 4.35. The van der Waals surface area contributed by atoms with Gasteiger partial charge in [0.2, 0.25) is 5.91 Å². The molecule has 0 aromatic heterocycles. The van der Waals surface area contributed by atoms with Crippen LogP contribution in [0, 0.1) is 10.1 Å². The van der Waals surface area contributed by atoms with Gasteiger partial charge in [0.05, 0.1) is 7.11 Å². The molecule has 0 radical (unpaired) electrons. The molecule has 1 rings (SSSR count). The van der Waals surface area contributed by atoms with Crippen molar-refractivity contribution in [3.8, 4) is 0 Å². The Morgan fingerprint density at radius 3 is 2.24 bits per heavy atom. The molecule has 0 bridgehead atoms. The molecule has 0 fully saturated rings. The molecule has 1 aromatic rings. The monoisotopic (exact) mass is 480 g/mol. The number of nitro groups is 1. The average Bonchev–Trinajstić information content (AvgIpc) is 2.73. The average molecular weight is 481 g/mol. The second-order valence-corrected chi connectivity index (χ2v) is 8.37. The third-order valence-corrected chi connectivity index (χ3v) is 4.35. The van der Waals surface area contributed by atoms with Gasteiger partial charge in [-0.1, -0.05) is 30.3 Å². The predicted molar refractivity (Wildman–Crippen MR) is 123 cm³/mol. The zero-order chi connectivity index (χ0) is 25.9. The van der Waals surface area contributed by atoms with Crippen LogP contribution >= 0.6 is 0 Å². The number of nitrogens with two attached hydrogens (primary N) is 2. The van der Waals surface area contributed by atoms with Gasteiger partial charge in [-0.05, 0) is 32.8 Å². The van der Waals surface area contributed by atoms with E-state index in [1.54, 1.807) is 51.1 Å². The van der Waals surface area contributed by atoms with E-state index in [9.17, 15) is 24.5 Å². The molecule has 188 valence electrons. The van der Waals surface area contributed by atoms with Crippen molar-refractivity contribution in [1.82, 2.24) is 10.6 Å². The Morgan fingerprint density at radius 1 is 1.12 bits per heavy atom. The second kappa shape index (κ2) is 13.0. The first-order valence-electron chi connectivity index (χ1n) is 10.5. The van der Waals surface area contributed by atoms with Crippen LogP contribution in [0.15, 0.2) is 35.3 Å². The van der Waals surface area contributed by atoms with Crippen molar-refractivity contribution in [2.45, 2.75) is 63.9 Å². The van der Waals surface area contributed by atoms with Gasteiger partial charge in [0.15, 0.2) is 12.0 Å². The van der Waals surface area contributed by atoms with Crippen molar-refractivity contribution in [1.29, 1.82) is 0 Å². The first kappa shape index (κ1) is 28.1. The van der Waals surface area contributed by atoms with Gasteiger partial charge in [-0.15, -0.1) is 0 Å². The first-order chi connectivity index (χ1) is 15.8. The molecule has 0 heterocycles. The quantitative estimate of drug-likeness (QED) is 0.0865. The zero-order valence-corrected chi connectivity index (χ0v) is 19.6. The van der Waals surface area contributed by atoms with E-state index in [0.29, 0.717) is 0 Å². The number of methoxy groups -OCH3 is 1. The van der Waals surface area contributed by atoms with Crippen molar-refractivity contribution in [3.05, 3.63) is 46.0 Å². The van der Waals surface area contributed by atoms with Gasteiger partial charge in [-0.25, -0.2) is 14.6 Å². The number of amides is 2. The largest absolute Gasteiger partial charge is 0.467 e. The molecule has 0 spiro atoms. The van der Waals surface area contributed by atoms with Crippen LogP contribution in [0.25, 0.3) is 0 Å². The molecule has 3 atom stereocenters. The number of guanidine groups is 1. The van der Waals surface area contributed by atoms with Gasteiger partial charge in [0.25, 0.3) is 6.17 Å². The third kappa shape index (κ3) is 10.6. The lowest BCUT2D eigenvalue weighted by Gasteiger charge is -2.24. The topological polar surface area (TPSA) is 201 Å². The standard InChI is InChI=1S/C21H32N6O7/c1-21(2,3)34-20(30)25-15(12-13-8-6-5-7-9-13)17(28)26-16(27(31)32)11-10-14(18(29)33-4)24-19(22)23/h5-9,14-16H,10-12H2,1-4H3,(H,25,30)(H,26,28)(H4,22,23,24)/t14?,15-,16?/m1/s1. The number of hydrogen-bond donors (Lipinski definition) is 4. The summed E-state index contributed by atoms with van der Waals surface area (Å²) in [6, 6.07) is 6.47. The Labute approximate surface area is 197 Å². The number of carbonyl (C=O) groups is 3. The van der Waals surface area contributed by atoms with E-state index in [0.717, 1.165) is 12.7 Å². The summed E-state index contributed by atoms with van der Waals surface area (Å²) < 4.78 is 9.81. The Morgan fingerprint density at radius 2 is 1.74 bits per heavy atom. The Hall–Kier alpha value is -3.90. The molecule has 0 aliphatic rings. The van der Waals surface area contributed by atoms with E-state index in [1.807, 2.05) is 0 Å². The molecule has 2 amide bonds. The van der Waals surface area contributed by atoms with Gasteiger partial charge in [-0.2, -0.15) is 0 Å². The van der Waals surface area contributed by atoms with Crippen LogP contribution in [-0.4, -0.2) is 59.8 Å². The summed E-state index contributed by atoms with van der Waals surface area (Å²) in [6.07, 6.45) is -2.80. The van der Waals surface area contributed by atoms with Crippen LogP contribution in [0.5, 0.6) is 0 Å². The number of nitrogens with one attached hydrogen (secondary N) is 2. The van der Waals surface area contributed by atoms with E-state index in [-0.39, 0.29) is 25.2 Å². The molecule has 0 saturated heterocycles. The Kier molecular flexibility index (Phi) is 10.7. The molecule has 0 aliphatic heterocycles. The summed E-state index contributed by atoms with van der Waals surface area (Å²) in [5, 5.41) is 16.3. The number of aliphatic imine (C=N–C) groups is 1. The summed E-state index contributed by atoms with van der Waals surface area (Å²) in [4.78, 5) is 51.6. The highest BCUT2D eigenvalue weighted by Crippen LogP contribution is 2.11. The number of nitrogens with zero attached hydrogens (tertiary/aromatic N) is 2. The number of carbonyl (C=O) groups excluding carboxylic acids is 3. The van der Waals surface area contributed by atoms with Crippen molar-refractivity contribution in [3.63, 3.8) is 0 Å². The van der Waals surface area contributed by atoms with E-state index in [2.05, 4.69) is 20.4 Å². The fraction of sp³-hybridized carbons (Fsp3) is 0.524. The summed E-state index contributed by atoms with van der Waals surface area (Å²) in [7, 11) is 1.13. The minimum absolute atomic E-state index is 0.0646. The van der Waals surface area contributed by atoms with Crippen LogP contribution in [-0.2, 0) is 25.5 Å². The lowest BCUT2D eigenvalue weighted by molar-refractivity contribution is -0.528. The fourth-order valence-corrected chi connectivity index (χ4v) is 2.87. The summed E-state index contributed by atoms with van der Waals surface area (Å²) in [6.45, 7) is 4.99. The highest BCUT2D eigenvalue weighted by atomic mass is 16.6. The van der Waals surface area contributed by atoms with Crippen LogP contribution in [0.3, 0.4) is 0 Å². The maximum atomic E-state index is 12.9. The zero-order valence-electron chi connectivity index (χ0n) is 19.6. The Balaban J connectivity index is 2.99. The van der Waals surface area contributed by atoms with Crippen LogP contribution in [0.1, 0.15) is 39.2 Å². The van der Waals surface area contributed by atoms with Crippen LogP contribution in [0.2, 0.25) is 0 Å². The summed E-state index contributed by atoms with van der Waals surface area (Å²) in [5.41, 5.74) is 10.5. The highest BCUT2D eigenvalue weighted by molar-refractivity contribution is 5.86. The number of benzene rings is 1. The summed E-state index contributed by atoms with van der Waals surface area (Å²) >= 11 is 0. The first-order valence-corrected chi connectivity index (χ1v) is 10.5. The molecular weight excluding hydrogens is 448 g/mol. The van der Waals surface area contributed by atoms with Gasteiger partial charge >= 0.3 is 12.1 Å². The molecule has 1 aromatic carbocycles. The van der Waals surface area contributed by atoms with Crippen molar-refractivity contribution >= 4 is 23.9 Å². The van der Waals surface area contributed by atoms with Crippen molar-refractivity contribution in [2.24, 2.45) is 16.5 Å². The number of alkyl carbamates (subject to hydrolysis) is 1. The second-order valence-electron chi connectivity index (χ2n) is 8.37. The number of rotatable bonds is 11. The normalized spacial score (nSPS) is 13.5. The van der Waals surface area contributed by atoms with Gasteiger partial charge in [-0.3, -0.25) is 20.2 Å². The summed E-state index contributed by atoms with van der Waals surface area (Å²) in [5.74, 6) is -1.97. The fourth-order valence-electron chi connectivity index (χ4n) is 2.87. The van der Waals surface area contributed by atoms with Crippen molar-refractivity contribution in [2.75, 3.05) is 7.11 Å². The molecule has 6 N–H and O–H groups in total.